The lowest BCUT2D eigenvalue weighted by Crippen LogP contribution is -1.94. The summed E-state index contributed by atoms with van der Waals surface area (Å²) < 4.78 is 13.5. The van der Waals surface area contributed by atoms with Crippen molar-refractivity contribution in [1.29, 1.82) is 5.26 Å². The van der Waals surface area contributed by atoms with Gasteiger partial charge in [0.1, 0.15) is 5.82 Å². The molecule has 0 spiro atoms. The normalized spacial score (nSPS) is 9.89. The van der Waals surface area contributed by atoms with Crippen molar-refractivity contribution < 1.29 is 4.39 Å². The van der Waals surface area contributed by atoms with Crippen LogP contribution < -0.4 is 5.32 Å². The molecule has 90 valence electrons. The lowest BCUT2D eigenvalue weighted by Gasteiger charge is -2.09. The van der Waals surface area contributed by atoms with Crippen molar-refractivity contribution in [2.75, 3.05) is 5.32 Å². The molecule has 0 aliphatic rings. The molecule has 0 aliphatic heterocycles. The number of halogens is 3. The number of nitrogens with zero attached hydrogens (tertiary/aromatic N) is 1. The van der Waals surface area contributed by atoms with Gasteiger partial charge in [-0.3, -0.25) is 0 Å². The fourth-order valence-corrected chi connectivity index (χ4v) is 1.82. The van der Waals surface area contributed by atoms with Crippen LogP contribution in [-0.2, 0) is 0 Å². The van der Waals surface area contributed by atoms with Crippen molar-refractivity contribution in [3.63, 3.8) is 0 Å². The Morgan fingerprint density at radius 2 is 1.83 bits per heavy atom. The maximum atomic E-state index is 13.5. The minimum atomic E-state index is -0.431. The second kappa shape index (κ2) is 5.26. The molecule has 0 aromatic heterocycles. The summed E-state index contributed by atoms with van der Waals surface area (Å²) in [5.41, 5.74) is 1.18. The Labute approximate surface area is 114 Å². The number of hydrogen-bond donors (Lipinski definition) is 1. The number of nitriles is 1. The van der Waals surface area contributed by atoms with E-state index in [1.807, 2.05) is 6.07 Å². The molecule has 2 rings (SSSR count). The van der Waals surface area contributed by atoms with E-state index in [-0.39, 0.29) is 5.69 Å². The first-order chi connectivity index (χ1) is 8.60. The molecule has 0 unspecified atom stereocenters. The maximum Gasteiger partial charge on any atom is 0.146 e. The van der Waals surface area contributed by atoms with Crippen LogP contribution >= 0.6 is 23.2 Å². The predicted octanol–water partition coefficient (Wildman–Crippen LogP) is 4.75. The summed E-state index contributed by atoms with van der Waals surface area (Å²) in [5, 5.41) is 12.3. The van der Waals surface area contributed by atoms with E-state index < -0.39 is 5.82 Å². The van der Waals surface area contributed by atoms with Crippen molar-refractivity contribution in [1.82, 2.24) is 0 Å². The lowest BCUT2D eigenvalue weighted by molar-refractivity contribution is 0.632. The zero-order chi connectivity index (χ0) is 13.1. The Kier molecular flexibility index (Phi) is 3.71. The maximum absolute atomic E-state index is 13.5. The number of anilines is 2. The highest BCUT2D eigenvalue weighted by molar-refractivity contribution is 6.33. The first-order valence-corrected chi connectivity index (χ1v) is 5.77. The molecule has 1 N–H and O–H groups in total. The topological polar surface area (TPSA) is 35.8 Å². The Hall–Kier alpha value is -1.76. The van der Waals surface area contributed by atoms with Gasteiger partial charge < -0.3 is 5.32 Å². The Balaban J connectivity index is 2.34. The average molecular weight is 281 g/mol. The largest absolute Gasteiger partial charge is 0.352 e. The second-order valence-corrected chi connectivity index (χ2v) is 4.40. The number of rotatable bonds is 2. The van der Waals surface area contributed by atoms with Crippen LogP contribution in [0.25, 0.3) is 0 Å². The third kappa shape index (κ3) is 2.73. The van der Waals surface area contributed by atoms with E-state index in [0.717, 1.165) is 0 Å². The van der Waals surface area contributed by atoms with Gasteiger partial charge in [-0.05, 0) is 36.4 Å². The molecule has 0 saturated carbocycles. The minimum absolute atomic E-state index is 0.231. The molecule has 2 aromatic carbocycles. The molecule has 0 fully saturated rings. The third-order valence-corrected chi connectivity index (χ3v) is 2.84. The van der Waals surface area contributed by atoms with Gasteiger partial charge in [0.2, 0.25) is 0 Å². The van der Waals surface area contributed by atoms with Crippen LogP contribution in [-0.4, -0.2) is 0 Å². The van der Waals surface area contributed by atoms with Crippen LogP contribution in [0.4, 0.5) is 15.8 Å². The van der Waals surface area contributed by atoms with Crippen LogP contribution in [0.2, 0.25) is 10.0 Å². The number of nitrogens with one attached hydrogen (secondary N) is 1. The highest BCUT2D eigenvalue weighted by Crippen LogP contribution is 2.29. The van der Waals surface area contributed by atoms with Gasteiger partial charge in [-0.15, -0.1) is 0 Å². The Morgan fingerprint density at radius 3 is 2.50 bits per heavy atom. The van der Waals surface area contributed by atoms with Gasteiger partial charge in [-0.25, -0.2) is 4.39 Å². The lowest BCUT2D eigenvalue weighted by atomic mass is 10.2. The summed E-state index contributed by atoms with van der Waals surface area (Å²) >= 11 is 11.8. The van der Waals surface area contributed by atoms with Crippen molar-refractivity contribution >= 4 is 34.6 Å². The second-order valence-electron chi connectivity index (χ2n) is 3.56. The zero-order valence-electron chi connectivity index (χ0n) is 9.05. The van der Waals surface area contributed by atoms with Gasteiger partial charge in [-0.2, -0.15) is 5.26 Å². The fourth-order valence-electron chi connectivity index (χ4n) is 1.42. The molecule has 0 amide bonds. The standard InChI is InChI=1S/C13H7Cl2FN2/c14-9-2-3-11(16)13(6-9)18-12-4-1-8(7-17)5-10(12)15/h1-6,18H. The molecule has 5 heteroatoms. The quantitative estimate of drug-likeness (QED) is 0.862. The summed E-state index contributed by atoms with van der Waals surface area (Å²) in [6, 6.07) is 10.9. The zero-order valence-corrected chi connectivity index (χ0v) is 10.6. The molecule has 2 aromatic rings. The molecule has 18 heavy (non-hydrogen) atoms. The summed E-state index contributed by atoms with van der Waals surface area (Å²) in [4.78, 5) is 0. The smallest absolute Gasteiger partial charge is 0.146 e. The highest BCUT2D eigenvalue weighted by atomic mass is 35.5. The fraction of sp³-hybridized carbons (Fsp3) is 0. The summed E-state index contributed by atoms with van der Waals surface area (Å²) in [5.74, 6) is -0.431. The first kappa shape index (κ1) is 12.7. The molecule has 2 nitrogen and oxygen atoms in total. The van der Waals surface area contributed by atoms with Crippen LogP contribution in [0.15, 0.2) is 36.4 Å². The van der Waals surface area contributed by atoms with Crippen LogP contribution in [0.1, 0.15) is 5.56 Å². The van der Waals surface area contributed by atoms with E-state index in [1.165, 1.54) is 24.3 Å². The molecule has 0 heterocycles. The van der Waals surface area contributed by atoms with Crippen LogP contribution in [0.3, 0.4) is 0 Å². The van der Waals surface area contributed by atoms with Gasteiger partial charge >= 0.3 is 0 Å². The van der Waals surface area contributed by atoms with Gasteiger partial charge in [0.25, 0.3) is 0 Å². The predicted molar refractivity (Wildman–Crippen MR) is 70.9 cm³/mol. The van der Waals surface area contributed by atoms with Gasteiger partial charge in [0.15, 0.2) is 0 Å². The van der Waals surface area contributed by atoms with Crippen molar-refractivity contribution in [3.05, 3.63) is 57.8 Å². The minimum Gasteiger partial charge on any atom is -0.352 e. The van der Waals surface area contributed by atoms with Gasteiger partial charge in [0.05, 0.1) is 28.0 Å². The van der Waals surface area contributed by atoms with E-state index in [1.54, 1.807) is 12.1 Å². The molecule has 0 radical (unpaired) electrons. The molecule has 0 bridgehead atoms. The van der Waals surface area contributed by atoms with E-state index in [4.69, 9.17) is 28.5 Å². The van der Waals surface area contributed by atoms with Crippen LogP contribution in [0.5, 0.6) is 0 Å². The van der Waals surface area contributed by atoms with Gasteiger partial charge in [-0.1, -0.05) is 23.2 Å². The number of benzene rings is 2. The number of hydrogen-bond acceptors (Lipinski definition) is 2. The molecule has 0 saturated heterocycles. The van der Waals surface area contributed by atoms with E-state index in [0.29, 0.717) is 21.3 Å². The third-order valence-electron chi connectivity index (χ3n) is 2.30. The summed E-state index contributed by atoms with van der Waals surface area (Å²) in [7, 11) is 0. The van der Waals surface area contributed by atoms with E-state index in [9.17, 15) is 4.39 Å². The average Bonchev–Trinajstić information content (AvgIpc) is 2.36. The molecule has 0 aliphatic carbocycles. The molecular weight excluding hydrogens is 274 g/mol. The van der Waals surface area contributed by atoms with Crippen molar-refractivity contribution in [3.8, 4) is 6.07 Å². The highest BCUT2D eigenvalue weighted by Gasteiger charge is 2.06. The van der Waals surface area contributed by atoms with Crippen molar-refractivity contribution in [2.45, 2.75) is 0 Å². The van der Waals surface area contributed by atoms with Gasteiger partial charge in [0, 0.05) is 5.02 Å². The monoisotopic (exact) mass is 280 g/mol. The van der Waals surface area contributed by atoms with E-state index in [2.05, 4.69) is 5.32 Å². The molecular formula is C13H7Cl2FN2. The summed E-state index contributed by atoms with van der Waals surface area (Å²) in [6.07, 6.45) is 0. The summed E-state index contributed by atoms with van der Waals surface area (Å²) in [6.45, 7) is 0. The Morgan fingerprint density at radius 1 is 1.06 bits per heavy atom. The van der Waals surface area contributed by atoms with E-state index >= 15 is 0 Å². The molecule has 0 atom stereocenters. The first-order valence-electron chi connectivity index (χ1n) is 5.02. The van der Waals surface area contributed by atoms with Crippen LogP contribution in [0, 0.1) is 17.1 Å². The van der Waals surface area contributed by atoms with Crippen molar-refractivity contribution in [2.24, 2.45) is 0 Å². The Bertz CT molecular complexity index is 635. The SMILES string of the molecule is N#Cc1ccc(Nc2cc(Cl)ccc2F)c(Cl)c1.